The van der Waals surface area contributed by atoms with Crippen molar-refractivity contribution in [3.63, 3.8) is 0 Å². The normalized spacial score (nSPS) is 12.5. The lowest BCUT2D eigenvalue weighted by Gasteiger charge is -2.08. The molecule has 0 saturated carbocycles. The van der Waals surface area contributed by atoms with Gasteiger partial charge in [0.05, 0.1) is 0 Å². The Hall–Kier alpha value is -1.37. The quantitative estimate of drug-likeness (QED) is 0.799. The van der Waals surface area contributed by atoms with Crippen LogP contribution < -0.4 is 0 Å². The van der Waals surface area contributed by atoms with Crippen LogP contribution in [0.5, 0.6) is 0 Å². The van der Waals surface area contributed by atoms with Gasteiger partial charge in [0.15, 0.2) is 5.78 Å². The van der Waals surface area contributed by atoms with E-state index in [4.69, 9.17) is 0 Å². The fourth-order valence-electron chi connectivity index (χ4n) is 1.25. The van der Waals surface area contributed by atoms with Gasteiger partial charge in [-0.25, -0.2) is 8.42 Å². The van der Waals surface area contributed by atoms with E-state index in [9.17, 15) is 26.4 Å². The number of hydrogen-bond donors (Lipinski definition) is 0. The highest BCUT2D eigenvalue weighted by Gasteiger charge is 2.46. The molecule has 0 spiro atoms. The second-order valence-electron chi connectivity index (χ2n) is 3.93. The number of hydrogen-bond acceptors (Lipinski definition) is 3. The Kier molecular flexibility index (Phi) is 3.85. The van der Waals surface area contributed by atoms with Crippen LogP contribution >= 0.6 is 0 Å². The molecule has 1 aromatic carbocycles. The molecular weight excluding hydrogens is 269 g/mol. The lowest BCUT2D eigenvalue weighted by Crippen LogP contribution is -2.30. The van der Waals surface area contributed by atoms with Crippen LogP contribution in [0.2, 0.25) is 0 Å². The molecule has 0 aliphatic carbocycles. The molecule has 0 N–H and O–H groups in total. The van der Waals surface area contributed by atoms with Crippen molar-refractivity contribution in [3.05, 3.63) is 34.9 Å². The molecule has 0 bridgehead atoms. The largest absolute Gasteiger partial charge is 0.497 e. The van der Waals surface area contributed by atoms with Crippen LogP contribution in [0.3, 0.4) is 0 Å². The second kappa shape index (κ2) is 4.72. The van der Waals surface area contributed by atoms with Crippen LogP contribution in [-0.4, -0.2) is 25.5 Å². The number of rotatable bonds is 3. The summed E-state index contributed by atoms with van der Waals surface area (Å²) in [4.78, 5) is 11.5. The number of halogens is 3. The number of aryl methyl sites for hydroxylation is 2. The number of carbonyl (C=O) groups excluding carboxylic acids is 1. The minimum Gasteiger partial charge on any atom is -0.293 e. The fourth-order valence-corrected chi connectivity index (χ4v) is 1.93. The third-order valence-electron chi connectivity index (χ3n) is 2.50. The monoisotopic (exact) mass is 280 g/mol. The molecule has 0 amide bonds. The summed E-state index contributed by atoms with van der Waals surface area (Å²) in [5.41, 5.74) is -3.86. The van der Waals surface area contributed by atoms with Gasteiger partial charge in [-0.1, -0.05) is 12.1 Å². The number of Topliss-reactive ketones (excluding diaryl/α,β-unsaturated/α-hetero) is 1. The van der Waals surface area contributed by atoms with Gasteiger partial charge in [0.1, 0.15) is 5.75 Å². The van der Waals surface area contributed by atoms with Gasteiger partial charge in [0.2, 0.25) is 0 Å². The van der Waals surface area contributed by atoms with Crippen molar-refractivity contribution >= 4 is 15.6 Å². The smallest absolute Gasteiger partial charge is 0.293 e. The Morgan fingerprint density at radius 3 is 2.17 bits per heavy atom. The Bertz CT molecular complexity index is 574. The summed E-state index contributed by atoms with van der Waals surface area (Å²) in [6.45, 7) is 3.46. The highest BCUT2D eigenvalue weighted by Crippen LogP contribution is 2.24. The van der Waals surface area contributed by atoms with E-state index in [0.717, 1.165) is 5.56 Å². The third-order valence-corrected chi connectivity index (χ3v) is 3.85. The van der Waals surface area contributed by atoms with Crippen molar-refractivity contribution in [1.82, 2.24) is 0 Å². The first-order valence-corrected chi connectivity index (χ1v) is 6.59. The molecule has 1 aromatic rings. The third kappa shape index (κ3) is 3.10. The van der Waals surface area contributed by atoms with Gasteiger partial charge in [-0.15, -0.1) is 0 Å². The van der Waals surface area contributed by atoms with E-state index in [1.54, 1.807) is 19.9 Å². The molecule has 0 aromatic heterocycles. The zero-order valence-corrected chi connectivity index (χ0v) is 10.5. The zero-order valence-electron chi connectivity index (χ0n) is 9.71. The average molecular weight is 280 g/mol. The van der Waals surface area contributed by atoms with Gasteiger partial charge in [-0.3, -0.25) is 4.79 Å². The molecule has 0 saturated heterocycles. The summed E-state index contributed by atoms with van der Waals surface area (Å²) in [7, 11) is -5.42. The first kappa shape index (κ1) is 14.7. The summed E-state index contributed by atoms with van der Waals surface area (Å²) in [6.07, 6.45) is 0. The molecular formula is C11H11F3O3S. The van der Waals surface area contributed by atoms with Crippen molar-refractivity contribution in [1.29, 1.82) is 0 Å². The first-order valence-electron chi connectivity index (χ1n) is 4.94. The van der Waals surface area contributed by atoms with Crippen molar-refractivity contribution in [2.24, 2.45) is 0 Å². The first-order chi connectivity index (χ1) is 8.04. The Morgan fingerprint density at radius 1 is 1.17 bits per heavy atom. The highest BCUT2D eigenvalue weighted by molar-refractivity contribution is 7.92. The lowest BCUT2D eigenvalue weighted by atomic mass is 10.0. The Balaban J connectivity index is 3.00. The molecule has 100 valence electrons. The van der Waals surface area contributed by atoms with Crippen LogP contribution in [0.1, 0.15) is 21.5 Å². The van der Waals surface area contributed by atoms with E-state index in [1.165, 1.54) is 12.1 Å². The second-order valence-corrected chi connectivity index (χ2v) is 5.91. The van der Waals surface area contributed by atoms with E-state index in [0.29, 0.717) is 5.56 Å². The molecule has 0 aliphatic heterocycles. The average Bonchev–Trinajstić information content (AvgIpc) is 2.19. The van der Waals surface area contributed by atoms with Crippen LogP contribution in [0.4, 0.5) is 13.2 Å². The maximum atomic E-state index is 12.1. The van der Waals surface area contributed by atoms with Gasteiger partial charge in [0.25, 0.3) is 9.84 Å². The standard InChI is InChI=1S/C11H11F3O3S/c1-7-3-4-9(5-8(7)2)10(15)6-18(16,17)11(12,13)14/h3-5H,6H2,1-2H3. The summed E-state index contributed by atoms with van der Waals surface area (Å²) in [5, 5.41) is 0. The molecule has 3 nitrogen and oxygen atoms in total. The van der Waals surface area contributed by atoms with Gasteiger partial charge in [-0.05, 0) is 31.0 Å². The van der Waals surface area contributed by atoms with Crippen molar-refractivity contribution < 1.29 is 26.4 Å². The summed E-state index contributed by atoms with van der Waals surface area (Å²) < 4.78 is 58.0. The van der Waals surface area contributed by atoms with Crippen LogP contribution in [0, 0.1) is 13.8 Å². The number of carbonyl (C=O) groups is 1. The van der Waals surface area contributed by atoms with Crippen LogP contribution in [-0.2, 0) is 9.84 Å². The van der Waals surface area contributed by atoms with E-state index in [-0.39, 0.29) is 5.56 Å². The molecule has 0 unspecified atom stereocenters. The van der Waals surface area contributed by atoms with Gasteiger partial charge in [0, 0.05) is 5.56 Å². The van der Waals surface area contributed by atoms with Gasteiger partial charge in [-0.2, -0.15) is 13.2 Å². The van der Waals surface area contributed by atoms with Crippen molar-refractivity contribution in [3.8, 4) is 0 Å². The van der Waals surface area contributed by atoms with Crippen LogP contribution in [0.15, 0.2) is 18.2 Å². The van der Waals surface area contributed by atoms with Gasteiger partial charge < -0.3 is 0 Å². The van der Waals surface area contributed by atoms with Gasteiger partial charge >= 0.3 is 5.51 Å². The number of ketones is 1. The SMILES string of the molecule is Cc1ccc(C(=O)CS(=O)(=O)C(F)(F)F)cc1C. The molecule has 0 heterocycles. The Morgan fingerprint density at radius 2 is 1.72 bits per heavy atom. The predicted molar refractivity (Wildman–Crippen MR) is 60.1 cm³/mol. The van der Waals surface area contributed by atoms with E-state index < -0.39 is 26.9 Å². The highest BCUT2D eigenvalue weighted by atomic mass is 32.2. The fraction of sp³-hybridized carbons (Fsp3) is 0.364. The molecule has 0 radical (unpaired) electrons. The van der Waals surface area contributed by atoms with Crippen molar-refractivity contribution in [2.45, 2.75) is 19.4 Å². The Labute approximate surface area is 103 Å². The summed E-state index contributed by atoms with van der Waals surface area (Å²) >= 11 is 0. The van der Waals surface area contributed by atoms with E-state index >= 15 is 0 Å². The summed E-state index contributed by atoms with van der Waals surface area (Å²) in [5.74, 6) is -2.62. The minimum atomic E-state index is -5.42. The van der Waals surface area contributed by atoms with Crippen LogP contribution in [0.25, 0.3) is 0 Å². The van der Waals surface area contributed by atoms with E-state index in [2.05, 4.69) is 0 Å². The lowest BCUT2D eigenvalue weighted by molar-refractivity contribution is -0.0434. The van der Waals surface area contributed by atoms with Crippen molar-refractivity contribution in [2.75, 3.05) is 5.75 Å². The number of benzene rings is 1. The molecule has 0 aliphatic rings. The van der Waals surface area contributed by atoms with E-state index in [1.807, 2.05) is 0 Å². The minimum absolute atomic E-state index is 0.0362. The maximum Gasteiger partial charge on any atom is 0.497 e. The molecule has 7 heteroatoms. The molecule has 0 fully saturated rings. The number of alkyl halides is 3. The zero-order chi connectivity index (χ0) is 14.1. The number of sulfone groups is 1. The predicted octanol–water partition coefficient (Wildman–Crippen LogP) is 2.42. The maximum absolute atomic E-state index is 12.1. The summed E-state index contributed by atoms with van der Waals surface area (Å²) in [6, 6.07) is 4.25. The topological polar surface area (TPSA) is 51.2 Å². The molecule has 1 rings (SSSR count). The molecule has 18 heavy (non-hydrogen) atoms. The molecule has 0 atom stereocenters.